The standard InChI is InChI=1S/C9H13ClN2/c1-7(5-6-11)8-3-2-4-9(10)12-8/h2-4,7H,5-6,11H2,1H3. The lowest BCUT2D eigenvalue weighted by Crippen LogP contribution is -2.05. The second-order valence-electron chi connectivity index (χ2n) is 2.86. The second-order valence-corrected chi connectivity index (χ2v) is 3.25. The molecule has 66 valence electrons. The fraction of sp³-hybridized carbons (Fsp3) is 0.444. The molecule has 0 amide bonds. The molecule has 0 aromatic carbocycles. The molecule has 0 bridgehead atoms. The molecule has 1 rings (SSSR count). The Bertz CT molecular complexity index is 250. The van der Waals surface area contributed by atoms with Crippen LogP contribution >= 0.6 is 11.6 Å². The molecule has 0 aliphatic heterocycles. The number of hydrogen-bond donors (Lipinski definition) is 1. The van der Waals surface area contributed by atoms with Crippen LogP contribution in [0.5, 0.6) is 0 Å². The second kappa shape index (κ2) is 4.43. The number of aromatic nitrogens is 1. The number of pyridine rings is 1. The number of hydrogen-bond acceptors (Lipinski definition) is 2. The zero-order valence-electron chi connectivity index (χ0n) is 7.13. The largest absolute Gasteiger partial charge is 0.330 e. The van der Waals surface area contributed by atoms with E-state index in [2.05, 4.69) is 11.9 Å². The summed E-state index contributed by atoms with van der Waals surface area (Å²) < 4.78 is 0. The van der Waals surface area contributed by atoms with Gasteiger partial charge >= 0.3 is 0 Å². The Morgan fingerprint density at radius 2 is 2.33 bits per heavy atom. The molecule has 1 aromatic rings. The van der Waals surface area contributed by atoms with Crippen molar-refractivity contribution >= 4 is 11.6 Å². The molecule has 3 heteroatoms. The van der Waals surface area contributed by atoms with Gasteiger partial charge in [-0.25, -0.2) is 4.98 Å². The van der Waals surface area contributed by atoms with Crippen molar-refractivity contribution in [2.45, 2.75) is 19.3 Å². The van der Waals surface area contributed by atoms with Crippen molar-refractivity contribution in [1.29, 1.82) is 0 Å². The first kappa shape index (κ1) is 9.49. The molecule has 0 aliphatic rings. The fourth-order valence-electron chi connectivity index (χ4n) is 1.10. The number of nitrogens with zero attached hydrogens (tertiary/aromatic N) is 1. The molecule has 1 aromatic heterocycles. The summed E-state index contributed by atoms with van der Waals surface area (Å²) in [6.07, 6.45) is 0.952. The van der Waals surface area contributed by atoms with Crippen LogP contribution in [-0.4, -0.2) is 11.5 Å². The van der Waals surface area contributed by atoms with Crippen LogP contribution in [0, 0.1) is 0 Å². The normalized spacial score (nSPS) is 12.9. The van der Waals surface area contributed by atoms with E-state index in [1.54, 1.807) is 6.07 Å². The highest BCUT2D eigenvalue weighted by Crippen LogP contribution is 2.17. The third kappa shape index (κ3) is 2.47. The van der Waals surface area contributed by atoms with Gasteiger partial charge in [0.05, 0.1) is 0 Å². The third-order valence-corrected chi connectivity index (χ3v) is 2.05. The van der Waals surface area contributed by atoms with Gasteiger partial charge in [0.15, 0.2) is 0 Å². The molecule has 2 N–H and O–H groups in total. The monoisotopic (exact) mass is 184 g/mol. The van der Waals surface area contributed by atoms with Gasteiger partial charge in [0.25, 0.3) is 0 Å². The summed E-state index contributed by atoms with van der Waals surface area (Å²) in [4.78, 5) is 4.20. The van der Waals surface area contributed by atoms with Crippen LogP contribution in [0.2, 0.25) is 5.15 Å². The van der Waals surface area contributed by atoms with E-state index in [4.69, 9.17) is 17.3 Å². The Morgan fingerprint density at radius 3 is 2.92 bits per heavy atom. The Morgan fingerprint density at radius 1 is 1.58 bits per heavy atom. The van der Waals surface area contributed by atoms with Crippen LogP contribution in [0.4, 0.5) is 0 Å². The molecule has 0 fully saturated rings. The number of rotatable bonds is 3. The zero-order valence-corrected chi connectivity index (χ0v) is 7.88. The predicted molar refractivity (Wildman–Crippen MR) is 51.3 cm³/mol. The van der Waals surface area contributed by atoms with Gasteiger partial charge in [-0.15, -0.1) is 0 Å². The maximum atomic E-state index is 5.75. The Labute approximate surface area is 77.8 Å². The van der Waals surface area contributed by atoms with E-state index in [1.807, 2.05) is 12.1 Å². The summed E-state index contributed by atoms with van der Waals surface area (Å²) in [6.45, 7) is 2.79. The lowest BCUT2D eigenvalue weighted by molar-refractivity contribution is 0.670. The van der Waals surface area contributed by atoms with E-state index in [9.17, 15) is 0 Å². The molecule has 0 saturated heterocycles. The first-order chi connectivity index (χ1) is 5.74. The topological polar surface area (TPSA) is 38.9 Å². The lowest BCUT2D eigenvalue weighted by Gasteiger charge is -2.08. The molecule has 0 aliphatic carbocycles. The molecular weight excluding hydrogens is 172 g/mol. The third-order valence-electron chi connectivity index (χ3n) is 1.84. The maximum Gasteiger partial charge on any atom is 0.129 e. The summed E-state index contributed by atoms with van der Waals surface area (Å²) in [5.74, 6) is 0.397. The van der Waals surface area contributed by atoms with Crippen molar-refractivity contribution in [3.8, 4) is 0 Å². The highest BCUT2D eigenvalue weighted by Gasteiger charge is 2.05. The Hall–Kier alpha value is -0.600. The molecule has 0 radical (unpaired) electrons. The fourth-order valence-corrected chi connectivity index (χ4v) is 1.27. The SMILES string of the molecule is CC(CCN)c1cccc(Cl)n1. The quantitative estimate of drug-likeness (QED) is 0.732. The first-order valence-electron chi connectivity index (χ1n) is 4.06. The van der Waals surface area contributed by atoms with Crippen LogP contribution < -0.4 is 5.73 Å². The molecular formula is C9H13ClN2. The Kier molecular flexibility index (Phi) is 3.50. The van der Waals surface area contributed by atoms with E-state index < -0.39 is 0 Å². The van der Waals surface area contributed by atoms with E-state index in [0.29, 0.717) is 17.6 Å². The lowest BCUT2D eigenvalue weighted by atomic mass is 10.0. The van der Waals surface area contributed by atoms with E-state index >= 15 is 0 Å². The molecule has 1 heterocycles. The minimum absolute atomic E-state index is 0.397. The van der Waals surface area contributed by atoms with Crippen LogP contribution in [-0.2, 0) is 0 Å². The molecule has 1 unspecified atom stereocenters. The summed E-state index contributed by atoms with van der Waals surface area (Å²) in [6, 6.07) is 5.67. The summed E-state index contributed by atoms with van der Waals surface area (Å²) in [5, 5.41) is 0.552. The average molecular weight is 185 g/mol. The molecule has 12 heavy (non-hydrogen) atoms. The number of nitrogens with two attached hydrogens (primary N) is 1. The van der Waals surface area contributed by atoms with Crippen molar-refractivity contribution in [1.82, 2.24) is 4.98 Å². The molecule has 0 saturated carbocycles. The number of halogens is 1. The predicted octanol–water partition coefficient (Wildman–Crippen LogP) is 2.19. The van der Waals surface area contributed by atoms with Crippen LogP contribution in [0.3, 0.4) is 0 Å². The maximum absolute atomic E-state index is 5.75. The van der Waals surface area contributed by atoms with Gasteiger partial charge in [-0.05, 0) is 31.0 Å². The first-order valence-corrected chi connectivity index (χ1v) is 4.44. The van der Waals surface area contributed by atoms with E-state index in [-0.39, 0.29) is 0 Å². The van der Waals surface area contributed by atoms with Gasteiger partial charge in [0.2, 0.25) is 0 Å². The van der Waals surface area contributed by atoms with Crippen LogP contribution in [0.1, 0.15) is 25.0 Å². The molecule has 1 atom stereocenters. The van der Waals surface area contributed by atoms with Crippen LogP contribution in [0.25, 0.3) is 0 Å². The average Bonchev–Trinajstić information content (AvgIpc) is 2.05. The molecule has 0 spiro atoms. The van der Waals surface area contributed by atoms with Crippen LogP contribution in [0.15, 0.2) is 18.2 Å². The smallest absolute Gasteiger partial charge is 0.129 e. The molecule has 2 nitrogen and oxygen atoms in total. The van der Waals surface area contributed by atoms with Gasteiger partial charge in [-0.3, -0.25) is 0 Å². The Balaban J connectivity index is 2.73. The summed E-state index contributed by atoms with van der Waals surface area (Å²) in [7, 11) is 0. The zero-order chi connectivity index (χ0) is 8.97. The summed E-state index contributed by atoms with van der Waals surface area (Å²) in [5.41, 5.74) is 6.47. The van der Waals surface area contributed by atoms with Crippen molar-refractivity contribution in [3.63, 3.8) is 0 Å². The minimum Gasteiger partial charge on any atom is -0.330 e. The van der Waals surface area contributed by atoms with Gasteiger partial charge in [-0.1, -0.05) is 24.6 Å². The van der Waals surface area contributed by atoms with Gasteiger partial charge in [0.1, 0.15) is 5.15 Å². The minimum atomic E-state index is 0.397. The highest BCUT2D eigenvalue weighted by molar-refractivity contribution is 6.29. The van der Waals surface area contributed by atoms with Gasteiger partial charge in [0, 0.05) is 5.69 Å². The van der Waals surface area contributed by atoms with E-state index in [0.717, 1.165) is 12.1 Å². The van der Waals surface area contributed by atoms with Crippen molar-refractivity contribution in [2.24, 2.45) is 5.73 Å². The van der Waals surface area contributed by atoms with Gasteiger partial charge in [-0.2, -0.15) is 0 Å². The van der Waals surface area contributed by atoms with Crippen molar-refractivity contribution in [2.75, 3.05) is 6.54 Å². The van der Waals surface area contributed by atoms with Gasteiger partial charge < -0.3 is 5.73 Å². The van der Waals surface area contributed by atoms with E-state index in [1.165, 1.54) is 0 Å². The summed E-state index contributed by atoms with van der Waals surface area (Å²) >= 11 is 5.75. The highest BCUT2D eigenvalue weighted by atomic mass is 35.5. The van der Waals surface area contributed by atoms with Crippen molar-refractivity contribution in [3.05, 3.63) is 29.0 Å². The van der Waals surface area contributed by atoms with Crippen molar-refractivity contribution < 1.29 is 0 Å².